The SMILES string of the molecule is CNc1c(C#N)c(NS)nc(SF)c1C#N. The van der Waals surface area contributed by atoms with E-state index >= 15 is 0 Å². The van der Waals surface area contributed by atoms with Crippen molar-refractivity contribution in [1.29, 1.82) is 10.5 Å². The fourth-order valence-corrected chi connectivity index (χ4v) is 1.68. The summed E-state index contributed by atoms with van der Waals surface area (Å²) in [6.07, 6.45) is 0. The molecule has 0 radical (unpaired) electrons. The second-order valence-corrected chi connectivity index (χ2v) is 3.32. The minimum Gasteiger partial charge on any atom is -0.386 e. The number of halogens is 1. The maximum atomic E-state index is 12.6. The van der Waals surface area contributed by atoms with E-state index in [-0.39, 0.29) is 39.8 Å². The first-order valence-electron chi connectivity index (χ1n) is 3.98. The molecule has 16 heavy (non-hydrogen) atoms. The van der Waals surface area contributed by atoms with E-state index in [1.165, 1.54) is 7.05 Å². The predicted molar refractivity (Wildman–Crippen MR) is 62.8 cm³/mol. The second-order valence-electron chi connectivity index (χ2n) is 2.55. The molecular weight excluding hydrogens is 249 g/mol. The van der Waals surface area contributed by atoms with Crippen LogP contribution in [0.5, 0.6) is 0 Å². The number of hydrogen-bond acceptors (Lipinski definition) is 7. The standard InChI is InChI=1S/C8H6FN5S2/c1-12-6-4(2-10)7(14-15)13-8(16-9)5(6)3-11/h15H,1H3,(H2,12,13,14). The van der Waals surface area contributed by atoms with Gasteiger partial charge in [-0.15, -0.1) is 0 Å². The molecule has 1 heterocycles. The third-order valence-corrected chi connectivity index (χ3v) is 2.47. The lowest BCUT2D eigenvalue weighted by molar-refractivity contribution is 0.918. The van der Waals surface area contributed by atoms with Crippen LogP contribution in [-0.2, 0) is 0 Å². The monoisotopic (exact) mass is 255 g/mol. The van der Waals surface area contributed by atoms with Crippen LogP contribution in [0.1, 0.15) is 11.1 Å². The number of nitriles is 2. The van der Waals surface area contributed by atoms with E-state index in [0.717, 1.165) is 0 Å². The highest BCUT2D eigenvalue weighted by Crippen LogP contribution is 2.33. The summed E-state index contributed by atoms with van der Waals surface area (Å²) in [7, 11) is 1.53. The third-order valence-electron chi connectivity index (χ3n) is 1.82. The number of aromatic nitrogens is 1. The van der Waals surface area contributed by atoms with Gasteiger partial charge < -0.3 is 10.0 Å². The van der Waals surface area contributed by atoms with Crippen molar-refractivity contribution in [2.45, 2.75) is 5.03 Å². The lowest BCUT2D eigenvalue weighted by Crippen LogP contribution is -2.03. The summed E-state index contributed by atoms with van der Waals surface area (Å²) < 4.78 is 15.0. The fraction of sp³-hybridized carbons (Fsp3) is 0.125. The molecule has 0 spiro atoms. The normalized spacial score (nSPS) is 9.06. The lowest BCUT2D eigenvalue weighted by atomic mass is 10.1. The van der Waals surface area contributed by atoms with Gasteiger partial charge in [0.15, 0.2) is 10.8 Å². The maximum absolute atomic E-state index is 12.6. The van der Waals surface area contributed by atoms with Crippen molar-refractivity contribution in [1.82, 2.24) is 4.98 Å². The van der Waals surface area contributed by atoms with Crippen molar-refractivity contribution in [3.05, 3.63) is 11.1 Å². The molecule has 0 saturated heterocycles. The molecule has 82 valence electrons. The number of hydrogen-bond donors (Lipinski definition) is 3. The van der Waals surface area contributed by atoms with Crippen LogP contribution in [0.4, 0.5) is 15.4 Å². The Morgan fingerprint density at radius 3 is 2.38 bits per heavy atom. The molecule has 2 N–H and O–H groups in total. The minimum atomic E-state index is -0.159. The zero-order chi connectivity index (χ0) is 12.1. The van der Waals surface area contributed by atoms with Gasteiger partial charge in [0.2, 0.25) is 0 Å². The summed E-state index contributed by atoms with van der Waals surface area (Å²) in [6, 6.07) is 3.68. The van der Waals surface area contributed by atoms with E-state index in [1.54, 1.807) is 6.07 Å². The van der Waals surface area contributed by atoms with E-state index in [2.05, 4.69) is 27.8 Å². The van der Waals surface area contributed by atoms with Gasteiger partial charge in [0.05, 0.1) is 5.69 Å². The summed E-state index contributed by atoms with van der Waals surface area (Å²) in [5.74, 6) is 0.106. The van der Waals surface area contributed by atoms with Crippen LogP contribution in [0.2, 0.25) is 0 Å². The Morgan fingerprint density at radius 2 is 2.00 bits per heavy atom. The molecule has 0 aliphatic heterocycles. The molecule has 0 unspecified atom stereocenters. The first-order chi connectivity index (χ1) is 7.73. The Kier molecular flexibility index (Phi) is 4.23. The van der Waals surface area contributed by atoms with Crippen LogP contribution in [0.25, 0.3) is 0 Å². The van der Waals surface area contributed by atoms with Crippen LogP contribution in [0.3, 0.4) is 0 Å². The fourth-order valence-electron chi connectivity index (χ4n) is 1.16. The molecule has 8 heteroatoms. The van der Waals surface area contributed by atoms with Gasteiger partial charge >= 0.3 is 0 Å². The van der Waals surface area contributed by atoms with Crippen molar-refractivity contribution in [3.8, 4) is 12.1 Å². The van der Waals surface area contributed by atoms with Crippen molar-refractivity contribution < 1.29 is 3.89 Å². The molecule has 0 aliphatic rings. The lowest BCUT2D eigenvalue weighted by Gasteiger charge is -2.11. The van der Waals surface area contributed by atoms with Crippen LogP contribution in [0.15, 0.2) is 5.03 Å². The number of nitrogens with zero attached hydrogens (tertiary/aromatic N) is 3. The highest BCUT2D eigenvalue weighted by Gasteiger charge is 2.19. The summed E-state index contributed by atoms with van der Waals surface area (Å²) in [6.45, 7) is 0. The molecule has 0 amide bonds. The molecule has 0 fully saturated rings. The zero-order valence-corrected chi connectivity index (χ0v) is 9.79. The van der Waals surface area contributed by atoms with Crippen molar-refractivity contribution in [2.75, 3.05) is 17.1 Å². The quantitative estimate of drug-likeness (QED) is 0.717. The minimum absolute atomic E-state index is 0.00103. The predicted octanol–water partition coefficient (Wildman–Crippen LogP) is 2.10. The maximum Gasteiger partial charge on any atom is 0.157 e. The summed E-state index contributed by atoms with van der Waals surface area (Å²) in [5, 5.41) is 20.4. The Labute approximate surface area is 102 Å². The van der Waals surface area contributed by atoms with Gasteiger partial charge in [-0.2, -0.15) is 14.4 Å². The molecule has 0 bridgehead atoms. The van der Waals surface area contributed by atoms with Gasteiger partial charge in [0, 0.05) is 7.05 Å². The van der Waals surface area contributed by atoms with Crippen LogP contribution >= 0.6 is 25.0 Å². The van der Waals surface area contributed by atoms with E-state index in [1.807, 2.05) is 6.07 Å². The van der Waals surface area contributed by atoms with E-state index in [0.29, 0.717) is 0 Å². The first kappa shape index (κ1) is 12.4. The second kappa shape index (κ2) is 5.45. The van der Waals surface area contributed by atoms with E-state index in [4.69, 9.17) is 10.5 Å². The Hall–Kier alpha value is -1.64. The van der Waals surface area contributed by atoms with Gasteiger partial charge in [-0.25, -0.2) is 4.98 Å². The van der Waals surface area contributed by atoms with Crippen molar-refractivity contribution in [3.63, 3.8) is 0 Å². The topological polar surface area (TPSA) is 84.5 Å². The smallest absolute Gasteiger partial charge is 0.157 e. The average Bonchev–Trinajstić information content (AvgIpc) is 2.35. The highest BCUT2D eigenvalue weighted by molar-refractivity contribution is 7.94. The highest BCUT2D eigenvalue weighted by atomic mass is 32.2. The molecule has 0 aliphatic carbocycles. The van der Waals surface area contributed by atoms with Crippen molar-refractivity contribution in [2.24, 2.45) is 0 Å². The first-order valence-corrected chi connectivity index (χ1v) is 5.14. The zero-order valence-electron chi connectivity index (χ0n) is 8.08. The Balaban J connectivity index is 3.64. The van der Waals surface area contributed by atoms with Crippen LogP contribution in [0, 0.1) is 22.7 Å². The molecule has 5 nitrogen and oxygen atoms in total. The van der Waals surface area contributed by atoms with E-state index < -0.39 is 0 Å². The van der Waals surface area contributed by atoms with Gasteiger partial charge in [0.1, 0.15) is 35.4 Å². The molecule has 1 aromatic heterocycles. The van der Waals surface area contributed by atoms with Gasteiger partial charge in [-0.1, -0.05) is 12.8 Å². The number of rotatable bonds is 3. The molecule has 1 aromatic rings. The molecule has 1 rings (SSSR count). The van der Waals surface area contributed by atoms with Gasteiger partial charge in [0.25, 0.3) is 0 Å². The Morgan fingerprint density at radius 1 is 1.38 bits per heavy atom. The number of nitrogens with one attached hydrogen (secondary N) is 2. The summed E-state index contributed by atoms with van der Waals surface area (Å²) in [4.78, 5) is 3.78. The summed E-state index contributed by atoms with van der Waals surface area (Å²) in [5.41, 5.74) is 0.349. The number of anilines is 2. The van der Waals surface area contributed by atoms with Gasteiger partial charge in [-0.05, 0) is 0 Å². The average molecular weight is 255 g/mol. The largest absolute Gasteiger partial charge is 0.386 e. The number of thiol groups is 1. The van der Waals surface area contributed by atoms with E-state index in [9.17, 15) is 3.89 Å². The Bertz CT molecular complexity index is 450. The number of pyridine rings is 1. The van der Waals surface area contributed by atoms with Crippen molar-refractivity contribution >= 4 is 36.5 Å². The third kappa shape index (κ3) is 1.98. The molecule has 0 saturated carbocycles. The van der Waals surface area contributed by atoms with Crippen LogP contribution < -0.4 is 10.0 Å². The van der Waals surface area contributed by atoms with Gasteiger partial charge in [-0.3, -0.25) is 0 Å². The molecular formula is C8H6FN5S2. The summed E-state index contributed by atoms with van der Waals surface area (Å²) >= 11 is 3.60. The molecule has 0 atom stereocenters. The van der Waals surface area contributed by atoms with Crippen LogP contribution in [-0.4, -0.2) is 12.0 Å². The molecule has 0 aromatic carbocycles.